The molecule has 27 heavy (non-hydrogen) atoms. The molecule has 2 heterocycles. The molecule has 1 saturated heterocycles. The summed E-state index contributed by atoms with van der Waals surface area (Å²) in [6.45, 7) is 1.96. The van der Waals surface area contributed by atoms with Gasteiger partial charge in [0.1, 0.15) is 5.69 Å². The van der Waals surface area contributed by atoms with Gasteiger partial charge in [0.2, 0.25) is 0 Å². The van der Waals surface area contributed by atoms with E-state index < -0.39 is 0 Å². The van der Waals surface area contributed by atoms with Gasteiger partial charge in [0.05, 0.1) is 20.5 Å². The van der Waals surface area contributed by atoms with Crippen molar-refractivity contribution in [2.24, 2.45) is 4.99 Å². The van der Waals surface area contributed by atoms with Crippen LogP contribution >= 0.6 is 35.0 Å². The molecule has 1 fully saturated rings. The Kier molecular flexibility index (Phi) is 4.91. The number of fused-ring (bicyclic) bond motifs is 1. The van der Waals surface area contributed by atoms with Crippen LogP contribution in [0.3, 0.4) is 0 Å². The first-order valence-electron chi connectivity index (χ1n) is 8.10. The highest BCUT2D eigenvalue weighted by Gasteiger charge is 2.24. The zero-order valence-electron chi connectivity index (χ0n) is 14.2. The number of halogens is 2. The van der Waals surface area contributed by atoms with E-state index in [1.165, 1.54) is 11.8 Å². The van der Waals surface area contributed by atoms with Crippen LogP contribution in [0.5, 0.6) is 0 Å². The summed E-state index contributed by atoms with van der Waals surface area (Å²) in [5.74, 6) is -0.205. The van der Waals surface area contributed by atoms with Crippen molar-refractivity contribution in [2.45, 2.75) is 6.92 Å². The zero-order valence-corrected chi connectivity index (χ0v) is 16.5. The third-order valence-electron chi connectivity index (χ3n) is 3.95. The Morgan fingerprint density at radius 3 is 2.67 bits per heavy atom. The van der Waals surface area contributed by atoms with E-state index in [4.69, 9.17) is 23.2 Å². The van der Waals surface area contributed by atoms with Gasteiger partial charge in [-0.2, -0.15) is 0 Å². The van der Waals surface area contributed by atoms with Crippen molar-refractivity contribution >= 4 is 68.7 Å². The quantitative estimate of drug-likeness (QED) is 0.544. The number of benzene rings is 2. The summed E-state index contributed by atoms with van der Waals surface area (Å²) >= 11 is 13.5. The number of hydrogen-bond donors (Lipinski definition) is 1. The van der Waals surface area contributed by atoms with E-state index >= 15 is 0 Å². The topological polar surface area (TPSA) is 54.4 Å². The smallest absolute Gasteiger partial charge is 0.264 e. The molecule has 1 aliphatic heterocycles. The fraction of sp³-hybridized carbons (Fsp3) is 0.0500. The summed E-state index contributed by atoms with van der Waals surface area (Å²) in [4.78, 5) is 21.7. The zero-order chi connectivity index (χ0) is 19.0. The number of rotatable bonds is 2. The molecule has 4 nitrogen and oxygen atoms in total. The molecule has 0 atom stereocenters. The van der Waals surface area contributed by atoms with E-state index in [-0.39, 0.29) is 5.91 Å². The number of aromatic nitrogens is 1. The molecule has 134 valence electrons. The minimum atomic E-state index is -0.205. The van der Waals surface area contributed by atoms with Gasteiger partial charge in [0.25, 0.3) is 5.91 Å². The summed E-state index contributed by atoms with van der Waals surface area (Å²) in [5, 5.41) is 5.08. The molecule has 2 aromatic carbocycles. The third kappa shape index (κ3) is 3.86. The minimum absolute atomic E-state index is 0.205. The Bertz CT molecular complexity index is 1120. The molecule has 0 aliphatic carbocycles. The predicted octanol–water partition coefficient (Wildman–Crippen LogP) is 5.74. The lowest BCUT2D eigenvalue weighted by atomic mass is 10.1. The molecule has 0 spiro atoms. The number of hydrogen-bond acceptors (Lipinski definition) is 4. The number of nitrogens with zero attached hydrogens (tertiary/aromatic N) is 2. The number of amidine groups is 1. The SMILES string of the molecule is Cc1ccc2cc(/C=C3\SC(=Nc4c(Cl)cccc4Cl)NC3=O)ccc2n1. The average molecular weight is 414 g/mol. The van der Waals surface area contributed by atoms with Gasteiger partial charge in [0, 0.05) is 11.1 Å². The minimum Gasteiger partial charge on any atom is -0.300 e. The number of aliphatic imine (C=N–C) groups is 1. The first-order valence-corrected chi connectivity index (χ1v) is 9.68. The van der Waals surface area contributed by atoms with Gasteiger partial charge in [-0.05, 0) is 60.7 Å². The lowest BCUT2D eigenvalue weighted by Crippen LogP contribution is -2.19. The van der Waals surface area contributed by atoms with Crippen LogP contribution in [0.2, 0.25) is 10.0 Å². The molecule has 0 radical (unpaired) electrons. The van der Waals surface area contributed by atoms with Crippen molar-refractivity contribution in [2.75, 3.05) is 0 Å². The number of amides is 1. The second kappa shape index (κ2) is 7.35. The highest BCUT2D eigenvalue weighted by molar-refractivity contribution is 8.18. The molecule has 7 heteroatoms. The Hall–Kier alpha value is -2.34. The molecular weight excluding hydrogens is 401 g/mol. The van der Waals surface area contributed by atoms with Gasteiger partial charge in [-0.1, -0.05) is 41.4 Å². The molecule has 1 aromatic heterocycles. The van der Waals surface area contributed by atoms with E-state index in [2.05, 4.69) is 15.3 Å². The highest BCUT2D eigenvalue weighted by Crippen LogP contribution is 2.35. The monoisotopic (exact) mass is 413 g/mol. The van der Waals surface area contributed by atoms with Gasteiger partial charge in [-0.25, -0.2) is 4.99 Å². The Labute approximate surface area is 170 Å². The number of carbonyl (C=O) groups excluding carboxylic acids is 1. The molecule has 0 saturated carbocycles. The van der Waals surface area contributed by atoms with Crippen LogP contribution in [0, 0.1) is 6.92 Å². The van der Waals surface area contributed by atoms with Crippen LogP contribution in [-0.4, -0.2) is 16.1 Å². The Morgan fingerprint density at radius 2 is 1.89 bits per heavy atom. The van der Waals surface area contributed by atoms with Crippen LogP contribution in [0.1, 0.15) is 11.3 Å². The summed E-state index contributed by atoms with van der Waals surface area (Å²) in [6, 6.07) is 15.0. The van der Waals surface area contributed by atoms with Gasteiger partial charge < -0.3 is 5.32 Å². The maximum Gasteiger partial charge on any atom is 0.264 e. The molecule has 0 bridgehead atoms. The van der Waals surface area contributed by atoms with E-state index in [1.807, 2.05) is 43.3 Å². The van der Waals surface area contributed by atoms with E-state index in [0.29, 0.717) is 25.8 Å². The lowest BCUT2D eigenvalue weighted by Gasteiger charge is -2.02. The van der Waals surface area contributed by atoms with Gasteiger partial charge >= 0.3 is 0 Å². The van der Waals surface area contributed by atoms with Crippen molar-refractivity contribution in [3.05, 3.63) is 74.7 Å². The van der Waals surface area contributed by atoms with Gasteiger partial charge in [0.15, 0.2) is 5.17 Å². The molecule has 1 amide bonds. The summed E-state index contributed by atoms with van der Waals surface area (Å²) in [7, 11) is 0. The number of nitrogens with one attached hydrogen (secondary N) is 1. The van der Waals surface area contributed by atoms with Crippen LogP contribution in [0.4, 0.5) is 5.69 Å². The van der Waals surface area contributed by atoms with Crippen LogP contribution < -0.4 is 5.32 Å². The van der Waals surface area contributed by atoms with Crippen molar-refractivity contribution in [3.63, 3.8) is 0 Å². The first kappa shape index (κ1) is 18.0. The second-order valence-electron chi connectivity index (χ2n) is 5.96. The Morgan fingerprint density at radius 1 is 1.11 bits per heavy atom. The fourth-order valence-electron chi connectivity index (χ4n) is 2.67. The number of aryl methyl sites for hydroxylation is 1. The van der Waals surface area contributed by atoms with Crippen LogP contribution in [0.25, 0.3) is 17.0 Å². The lowest BCUT2D eigenvalue weighted by molar-refractivity contribution is -0.115. The van der Waals surface area contributed by atoms with Gasteiger partial charge in [-0.15, -0.1) is 0 Å². The summed E-state index contributed by atoms with van der Waals surface area (Å²) in [5.41, 5.74) is 3.26. The summed E-state index contributed by atoms with van der Waals surface area (Å²) in [6.07, 6.45) is 1.83. The third-order valence-corrected chi connectivity index (χ3v) is 5.47. The average Bonchev–Trinajstić information content (AvgIpc) is 2.98. The number of carbonyl (C=O) groups is 1. The number of para-hydroxylation sites is 1. The van der Waals surface area contributed by atoms with Crippen LogP contribution in [-0.2, 0) is 4.79 Å². The normalized spacial score (nSPS) is 17.1. The standard InChI is InChI=1S/C20H13Cl2N3OS/c1-11-5-7-13-9-12(6-8-16(13)23-11)10-17-19(26)25-20(27-17)24-18-14(21)3-2-4-15(18)22/h2-10H,1H3,(H,24,25,26)/b17-10-. The predicted molar refractivity (Wildman–Crippen MR) is 114 cm³/mol. The maximum atomic E-state index is 12.3. The van der Waals surface area contributed by atoms with Crippen LogP contribution in [0.15, 0.2) is 58.4 Å². The largest absolute Gasteiger partial charge is 0.300 e. The van der Waals surface area contributed by atoms with Crippen molar-refractivity contribution in [1.82, 2.24) is 10.3 Å². The molecular formula is C20H13Cl2N3OS. The highest BCUT2D eigenvalue weighted by atomic mass is 35.5. The second-order valence-corrected chi connectivity index (χ2v) is 7.80. The van der Waals surface area contributed by atoms with E-state index in [1.54, 1.807) is 18.2 Å². The molecule has 3 aromatic rings. The van der Waals surface area contributed by atoms with E-state index in [9.17, 15) is 4.79 Å². The fourth-order valence-corrected chi connectivity index (χ4v) is 3.97. The molecule has 4 rings (SSSR count). The van der Waals surface area contributed by atoms with Gasteiger partial charge in [-0.3, -0.25) is 9.78 Å². The van der Waals surface area contributed by atoms with Crippen molar-refractivity contribution in [3.8, 4) is 0 Å². The maximum absolute atomic E-state index is 12.3. The molecule has 1 N–H and O–H groups in total. The first-order chi connectivity index (χ1) is 13.0. The van der Waals surface area contributed by atoms with Crippen molar-refractivity contribution < 1.29 is 4.79 Å². The molecule has 1 aliphatic rings. The summed E-state index contributed by atoms with van der Waals surface area (Å²) < 4.78 is 0. The van der Waals surface area contributed by atoms with Crippen molar-refractivity contribution in [1.29, 1.82) is 0 Å². The molecule has 0 unspecified atom stereocenters. The van der Waals surface area contributed by atoms with E-state index in [0.717, 1.165) is 22.2 Å². The number of thioether (sulfide) groups is 1. The Balaban J connectivity index is 1.64. The number of pyridine rings is 1.